The molecule has 21 heavy (non-hydrogen) atoms. The summed E-state index contributed by atoms with van der Waals surface area (Å²) in [5, 5.41) is 0.316. The summed E-state index contributed by atoms with van der Waals surface area (Å²) in [4.78, 5) is 0.0560. The first-order valence-corrected chi connectivity index (χ1v) is 9.21. The van der Waals surface area contributed by atoms with Crippen LogP contribution in [-0.2, 0) is 10.0 Å². The maximum Gasteiger partial charge on any atom is 0.244 e. The standard InChI is InChI=1S/C14H20Cl2N2O2S/c1-18(12-7-3-2-5-10(12)9-17)21(19,20)13-8-4-6-11(15)14(13)16/h4,6,8,10,12H,2-3,5,7,9,17H2,1H3. The zero-order chi connectivity index (χ0) is 15.6. The molecule has 0 spiro atoms. The van der Waals surface area contributed by atoms with E-state index in [2.05, 4.69) is 0 Å². The smallest absolute Gasteiger partial charge is 0.244 e. The van der Waals surface area contributed by atoms with Crippen LogP contribution >= 0.6 is 23.2 Å². The molecule has 2 atom stereocenters. The monoisotopic (exact) mass is 350 g/mol. The molecule has 0 radical (unpaired) electrons. The van der Waals surface area contributed by atoms with Crippen LogP contribution in [0.25, 0.3) is 0 Å². The lowest BCUT2D eigenvalue weighted by atomic mass is 9.85. The average molecular weight is 351 g/mol. The van der Waals surface area contributed by atoms with E-state index >= 15 is 0 Å². The molecule has 2 rings (SSSR count). The maximum absolute atomic E-state index is 12.8. The number of sulfonamides is 1. The second-order valence-electron chi connectivity index (χ2n) is 5.42. The predicted octanol–water partition coefficient (Wildman–Crippen LogP) is 3.13. The molecule has 1 saturated carbocycles. The Morgan fingerprint density at radius 1 is 1.29 bits per heavy atom. The Morgan fingerprint density at radius 3 is 2.62 bits per heavy atom. The highest BCUT2D eigenvalue weighted by molar-refractivity contribution is 7.89. The molecule has 1 fully saturated rings. The van der Waals surface area contributed by atoms with Gasteiger partial charge in [0.2, 0.25) is 10.0 Å². The van der Waals surface area contributed by atoms with Gasteiger partial charge in [0, 0.05) is 13.1 Å². The first-order valence-electron chi connectivity index (χ1n) is 7.01. The minimum Gasteiger partial charge on any atom is -0.330 e. The Hall–Kier alpha value is -0.330. The Balaban J connectivity index is 2.36. The van der Waals surface area contributed by atoms with Crippen LogP contribution in [-0.4, -0.2) is 32.4 Å². The van der Waals surface area contributed by atoms with Crippen LogP contribution in [0.5, 0.6) is 0 Å². The second-order valence-corrected chi connectivity index (χ2v) is 8.17. The lowest BCUT2D eigenvalue weighted by Gasteiger charge is -2.36. The number of nitrogens with two attached hydrogens (primary N) is 1. The molecule has 1 aromatic carbocycles. The molecule has 1 aromatic rings. The summed E-state index contributed by atoms with van der Waals surface area (Å²) in [5.41, 5.74) is 5.80. The van der Waals surface area contributed by atoms with Crippen molar-refractivity contribution in [2.45, 2.75) is 36.6 Å². The van der Waals surface area contributed by atoms with Crippen molar-refractivity contribution in [3.8, 4) is 0 Å². The largest absolute Gasteiger partial charge is 0.330 e. The number of benzene rings is 1. The lowest BCUT2D eigenvalue weighted by Crippen LogP contribution is -2.45. The van der Waals surface area contributed by atoms with Crippen molar-refractivity contribution in [3.63, 3.8) is 0 Å². The van der Waals surface area contributed by atoms with Crippen molar-refractivity contribution < 1.29 is 8.42 Å². The normalized spacial score (nSPS) is 23.5. The van der Waals surface area contributed by atoms with Crippen molar-refractivity contribution in [1.82, 2.24) is 4.31 Å². The van der Waals surface area contributed by atoms with E-state index in [1.165, 1.54) is 10.4 Å². The second kappa shape index (κ2) is 6.84. The van der Waals surface area contributed by atoms with Crippen LogP contribution in [0.3, 0.4) is 0 Å². The van der Waals surface area contributed by atoms with E-state index in [0.29, 0.717) is 6.54 Å². The third-order valence-electron chi connectivity index (χ3n) is 4.21. The van der Waals surface area contributed by atoms with Gasteiger partial charge in [0.05, 0.1) is 10.0 Å². The van der Waals surface area contributed by atoms with Crippen LogP contribution in [0.2, 0.25) is 10.0 Å². The molecule has 7 heteroatoms. The predicted molar refractivity (Wildman–Crippen MR) is 86.2 cm³/mol. The van der Waals surface area contributed by atoms with E-state index in [9.17, 15) is 8.42 Å². The van der Waals surface area contributed by atoms with Crippen LogP contribution in [0.15, 0.2) is 23.1 Å². The van der Waals surface area contributed by atoms with E-state index < -0.39 is 10.0 Å². The summed E-state index contributed by atoms with van der Waals surface area (Å²) >= 11 is 12.0. The molecule has 0 aromatic heterocycles. The summed E-state index contributed by atoms with van der Waals surface area (Å²) < 4.78 is 27.0. The average Bonchev–Trinajstić information content (AvgIpc) is 2.49. The molecule has 0 heterocycles. The van der Waals surface area contributed by atoms with Gasteiger partial charge in [-0.1, -0.05) is 42.1 Å². The maximum atomic E-state index is 12.8. The Kier molecular flexibility index (Phi) is 5.54. The number of hydrogen-bond acceptors (Lipinski definition) is 3. The van der Waals surface area contributed by atoms with Gasteiger partial charge >= 0.3 is 0 Å². The fourth-order valence-corrected chi connectivity index (χ4v) is 5.14. The molecule has 1 aliphatic rings. The molecule has 0 aliphatic heterocycles. The number of halogens is 2. The number of rotatable bonds is 4. The molecular formula is C14H20Cl2N2O2S. The molecule has 4 nitrogen and oxygen atoms in total. The van der Waals surface area contributed by atoms with Crippen molar-refractivity contribution >= 4 is 33.2 Å². The quantitative estimate of drug-likeness (QED) is 0.907. The van der Waals surface area contributed by atoms with Gasteiger partial charge in [-0.25, -0.2) is 8.42 Å². The highest BCUT2D eigenvalue weighted by atomic mass is 35.5. The van der Waals surface area contributed by atoms with Gasteiger partial charge in [0.15, 0.2) is 0 Å². The van der Waals surface area contributed by atoms with Gasteiger partial charge in [-0.3, -0.25) is 0 Å². The topological polar surface area (TPSA) is 63.4 Å². The van der Waals surface area contributed by atoms with E-state index in [0.717, 1.165) is 25.7 Å². The summed E-state index contributed by atoms with van der Waals surface area (Å²) in [6, 6.07) is 4.58. The third-order valence-corrected chi connectivity index (χ3v) is 7.07. The van der Waals surface area contributed by atoms with E-state index in [4.69, 9.17) is 28.9 Å². The summed E-state index contributed by atoms with van der Waals surface area (Å²) in [5.74, 6) is 0.191. The molecule has 1 aliphatic carbocycles. The molecule has 118 valence electrons. The highest BCUT2D eigenvalue weighted by Gasteiger charge is 2.35. The molecule has 0 amide bonds. The molecule has 0 saturated heterocycles. The zero-order valence-corrected chi connectivity index (χ0v) is 14.3. The van der Waals surface area contributed by atoms with Crippen LogP contribution in [0, 0.1) is 5.92 Å². The van der Waals surface area contributed by atoms with Gasteiger partial charge in [-0.05, 0) is 37.4 Å². The van der Waals surface area contributed by atoms with Gasteiger partial charge in [-0.2, -0.15) is 4.31 Å². The van der Waals surface area contributed by atoms with Crippen LogP contribution < -0.4 is 5.73 Å². The summed E-state index contributed by atoms with van der Waals surface area (Å²) in [6.07, 6.45) is 3.91. The molecule has 2 N–H and O–H groups in total. The number of nitrogens with zero attached hydrogens (tertiary/aromatic N) is 1. The first-order chi connectivity index (χ1) is 9.89. The molecular weight excluding hydrogens is 331 g/mol. The molecule has 2 unspecified atom stereocenters. The first kappa shape index (κ1) is 17.0. The summed E-state index contributed by atoms with van der Waals surface area (Å²) in [7, 11) is -2.07. The highest BCUT2D eigenvalue weighted by Crippen LogP contribution is 2.34. The lowest BCUT2D eigenvalue weighted by molar-refractivity contribution is 0.204. The van der Waals surface area contributed by atoms with Crippen molar-refractivity contribution in [3.05, 3.63) is 28.2 Å². The fourth-order valence-electron chi connectivity index (χ4n) is 2.96. The Labute approximate surface area is 136 Å². The van der Waals surface area contributed by atoms with E-state index in [1.807, 2.05) is 0 Å². The minimum atomic E-state index is -3.67. The van der Waals surface area contributed by atoms with Crippen LogP contribution in [0.4, 0.5) is 0 Å². The Morgan fingerprint density at radius 2 is 1.95 bits per heavy atom. The van der Waals surface area contributed by atoms with Crippen molar-refractivity contribution in [2.24, 2.45) is 11.7 Å². The van der Waals surface area contributed by atoms with E-state index in [-0.39, 0.29) is 26.9 Å². The fraction of sp³-hybridized carbons (Fsp3) is 0.571. The van der Waals surface area contributed by atoms with Gasteiger partial charge < -0.3 is 5.73 Å². The zero-order valence-electron chi connectivity index (χ0n) is 11.9. The van der Waals surface area contributed by atoms with Crippen molar-refractivity contribution in [1.29, 1.82) is 0 Å². The third kappa shape index (κ3) is 3.37. The van der Waals surface area contributed by atoms with Gasteiger partial charge in [-0.15, -0.1) is 0 Å². The van der Waals surface area contributed by atoms with Gasteiger partial charge in [0.1, 0.15) is 4.90 Å². The minimum absolute atomic E-state index is 0.0560. The molecule has 0 bridgehead atoms. The van der Waals surface area contributed by atoms with Crippen molar-refractivity contribution in [2.75, 3.05) is 13.6 Å². The Bertz CT molecular complexity index is 607. The van der Waals surface area contributed by atoms with Gasteiger partial charge in [0.25, 0.3) is 0 Å². The summed E-state index contributed by atoms with van der Waals surface area (Å²) in [6.45, 7) is 0.494. The van der Waals surface area contributed by atoms with E-state index in [1.54, 1.807) is 19.2 Å². The van der Waals surface area contributed by atoms with Crippen LogP contribution in [0.1, 0.15) is 25.7 Å². The number of hydrogen-bond donors (Lipinski definition) is 1. The SMILES string of the molecule is CN(C1CCCCC1CN)S(=O)(=O)c1cccc(Cl)c1Cl.